The second-order valence-corrected chi connectivity index (χ2v) is 7.93. The van der Waals surface area contributed by atoms with Crippen molar-refractivity contribution < 1.29 is 29.3 Å². The van der Waals surface area contributed by atoms with Crippen molar-refractivity contribution in [2.24, 2.45) is 0 Å². The SMILES string of the molecule is COc1ccc(C(C)(C#Cc2ccc(C(=O)O)cc2)CC(=O)O)cc1OC1CCCC1. The van der Waals surface area contributed by atoms with E-state index in [-0.39, 0.29) is 18.1 Å². The average molecular weight is 422 g/mol. The fourth-order valence-electron chi connectivity index (χ4n) is 3.72. The minimum Gasteiger partial charge on any atom is -0.493 e. The van der Waals surface area contributed by atoms with E-state index in [0.29, 0.717) is 17.1 Å². The van der Waals surface area contributed by atoms with Crippen molar-refractivity contribution in [1.29, 1.82) is 0 Å². The fraction of sp³-hybridized carbons (Fsp3) is 0.360. The molecule has 0 spiro atoms. The molecule has 0 aromatic heterocycles. The Labute approximate surface area is 181 Å². The van der Waals surface area contributed by atoms with Crippen LogP contribution >= 0.6 is 0 Å². The van der Waals surface area contributed by atoms with Gasteiger partial charge >= 0.3 is 11.9 Å². The first-order valence-corrected chi connectivity index (χ1v) is 10.2. The lowest BCUT2D eigenvalue weighted by Gasteiger charge is -2.24. The van der Waals surface area contributed by atoms with Gasteiger partial charge in [0.1, 0.15) is 0 Å². The van der Waals surface area contributed by atoms with Crippen LogP contribution in [0, 0.1) is 11.8 Å². The van der Waals surface area contributed by atoms with Crippen LogP contribution in [0.4, 0.5) is 0 Å². The molecule has 1 fully saturated rings. The third-order valence-corrected chi connectivity index (χ3v) is 5.52. The average Bonchev–Trinajstić information content (AvgIpc) is 3.25. The molecule has 0 heterocycles. The Morgan fingerprint density at radius 1 is 1.06 bits per heavy atom. The van der Waals surface area contributed by atoms with E-state index in [2.05, 4.69) is 11.8 Å². The maximum atomic E-state index is 11.6. The van der Waals surface area contributed by atoms with Crippen LogP contribution in [0.1, 0.15) is 60.5 Å². The molecular formula is C25H26O6. The zero-order valence-corrected chi connectivity index (χ0v) is 17.7. The van der Waals surface area contributed by atoms with Crippen LogP contribution in [0.15, 0.2) is 42.5 Å². The summed E-state index contributed by atoms with van der Waals surface area (Å²) in [6.07, 6.45) is 4.19. The Kier molecular flexibility index (Phi) is 6.86. The van der Waals surface area contributed by atoms with Crippen LogP contribution in [-0.4, -0.2) is 35.4 Å². The summed E-state index contributed by atoms with van der Waals surface area (Å²) in [5.41, 5.74) is 0.524. The second-order valence-electron chi connectivity index (χ2n) is 7.93. The maximum absolute atomic E-state index is 11.6. The van der Waals surface area contributed by atoms with Crippen LogP contribution in [0.2, 0.25) is 0 Å². The standard InChI is InChI=1S/C25H26O6/c1-25(16-23(26)27,14-13-17-7-9-18(10-8-17)24(28)29)19-11-12-21(30-2)22(15-19)31-20-5-3-4-6-20/h7-12,15,20H,3-6,16H2,1-2H3,(H,26,27)(H,28,29). The predicted octanol–water partition coefficient (Wildman–Crippen LogP) is 4.50. The topological polar surface area (TPSA) is 93.1 Å². The summed E-state index contributed by atoms with van der Waals surface area (Å²) in [5.74, 6) is 5.31. The summed E-state index contributed by atoms with van der Waals surface area (Å²) >= 11 is 0. The van der Waals surface area contributed by atoms with E-state index in [4.69, 9.17) is 14.6 Å². The lowest BCUT2D eigenvalue weighted by atomic mass is 9.79. The number of aliphatic carboxylic acids is 1. The van der Waals surface area contributed by atoms with Crippen molar-refractivity contribution in [3.8, 4) is 23.3 Å². The summed E-state index contributed by atoms with van der Waals surface area (Å²) in [5, 5.41) is 18.5. The minimum atomic E-state index is -1.01. The predicted molar refractivity (Wildman–Crippen MR) is 116 cm³/mol. The Bertz CT molecular complexity index is 1010. The molecule has 2 aromatic carbocycles. The van der Waals surface area contributed by atoms with Crippen LogP contribution in [0.25, 0.3) is 0 Å². The van der Waals surface area contributed by atoms with Gasteiger partial charge in [0.05, 0.1) is 30.6 Å². The third-order valence-electron chi connectivity index (χ3n) is 5.52. The van der Waals surface area contributed by atoms with Gasteiger partial charge in [0, 0.05) is 5.56 Å². The van der Waals surface area contributed by atoms with Crippen molar-refractivity contribution in [3.05, 3.63) is 59.2 Å². The van der Waals surface area contributed by atoms with Crippen molar-refractivity contribution in [1.82, 2.24) is 0 Å². The van der Waals surface area contributed by atoms with Gasteiger partial charge in [-0.05, 0) is 74.6 Å². The highest BCUT2D eigenvalue weighted by atomic mass is 16.5. The number of carbonyl (C=O) groups is 2. The summed E-state index contributed by atoms with van der Waals surface area (Å²) in [6, 6.07) is 11.6. The van der Waals surface area contributed by atoms with Gasteiger partial charge in [0.25, 0.3) is 0 Å². The van der Waals surface area contributed by atoms with Gasteiger partial charge < -0.3 is 19.7 Å². The van der Waals surface area contributed by atoms with Gasteiger partial charge in [-0.2, -0.15) is 0 Å². The number of hydrogen-bond donors (Lipinski definition) is 2. The molecule has 3 rings (SSSR count). The van der Waals surface area contributed by atoms with Crippen LogP contribution < -0.4 is 9.47 Å². The number of rotatable bonds is 7. The van der Waals surface area contributed by atoms with E-state index >= 15 is 0 Å². The van der Waals surface area contributed by atoms with Gasteiger partial charge in [-0.3, -0.25) is 4.79 Å². The number of carboxylic acids is 2. The fourth-order valence-corrected chi connectivity index (χ4v) is 3.72. The Morgan fingerprint density at radius 3 is 2.32 bits per heavy atom. The number of aromatic carboxylic acids is 1. The summed E-state index contributed by atoms with van der Waals surface area (Å²) in [4.78, 5) is 22.6. The molecule has 1 atom stereocenters. The molecule has 6 nitrogen and oxygen atoms in total. The summed E-state index contributed by atoms with van der Waals surface area (Å²) < 4.78 is 11.6. The van der Waals surface area contributed by atoms with E-state index < -0.39 is 17.4 Å². The van der Waals surface area contributed by atoms with Crippen molar-refractivity contribution in [2.45, 2.75) is 50.5 Å². The molecule has 6 heteroatoms. The molecule has 2 N–H and O–H groups in total. The van der Waals surface area contributed by atoms with Gasteiger partial charge in [-0.25, -0.2) is 4.79 Å². The van der Waals surface area contributed by atoms with Gasteiger partial charge in [0.15, 0.2) is 11.5 Å². The Hall–Kier alpha value is -3.46. The highest BCUT2D eigenvalue weighted by molar-refractivity contribution is 5.87. The monoisotopic (exact) mass is 422 g/mol. The smallest absolute Gasteiger partial charge is 0.335 e. The summed E-state index contributed by atoms with van der Waals surface area (Å²) in [6.45, 7) is 1.78. The molecule has 0 aliphatic heterocycles. The van der Waals surface area contributed by atoms with Gasteiger partial charge in [-0.15, -0.1) is 0 Å². The lowest BCUT2D eigenvalue weighted by Crippen LogP contribution is -2.24. The quantitative estimate of drug-likeness (QED) is 0.638. The number of hydrogen-bond acceptors (Lipinski definition) is 4. The van der Waals surface area contributed by atoms with Gasteiger partial charge in [0.2, 0.25) is 0 Å². The first-order valence-electron chi connectivity index (χ1n) is 10.2. The lowest BCUT2D eigenvalue weighted by molar-refractivity contribution is -0.137. The molecule has 1 saturated carbocycles. The molecule has 0 amide bonds. The second kappa shape index (κ2) is 9.57. The molecule has 0 bridgehead atoms. The van der Waals surface area contributed by atoms with E-state index in [0.717, 1.165) is 31.2 Å². The number of ether oxygens (including phenoxy) is 2. The molecule has 2 aromatic rings. The van der Waals surface area contributed by atoms with E-state index in [1.165, 1.54) is 12.1 Å². The molecule has 162 valence electrons. The minimum absolute atomic E-state index is 0.133. The Morgan fingerprint density at radius 2 is 1.74 bits per heavy atom. The highest BCUT2D eigenvalue weighted by Crippen LogP contribution is 2.37. The zero-order valence-electron chi connectivity index (χ0n) is 17.7. The molecular weight excluding hydrogens is 396 g/mol. The number of carboxylic acid groups (broad SMARTS) is 2. The molecule has 1 unspecified atom stereocenters. The molecule has 31 heavy (non-hydrogen) atoms. The van der Waals surface area contributed by atoms with Crippen molar-refractivity contribution >= 4 is 11.9 Å². The Balaban J connectivity index is 1.95. The van der Waals surface area contributed by atoms with Gasteiger partial charge in [-0.1, -0.05) is 17.9 Å². The maximum Gasteiger partial charge on any atom is 0.335 e. The van der Waals surface area contributed by atoms with Crippen LogP contribution in [-0.2, 0) is 10.2 Å². The van der Waals surface area contributed by atoms with Crippen molar-refractivity contribution in [2.75, 3.05) is 7.11 Å². The zero-order chi connectivity index (χ0) is 22.4. The van der Waals surface area contributed by atoms with Crippen LogP contribution in [0.3, 0.4) is 0 Å². The molecule has 1 aliphatic rings. The first-order chi connectivity index (χ1) is 14.8. The van der Waals surface area contributed by atoms with E-state index in [9.17, 15) is 14.7 Å². The molecule has 0 radical (unpaired) electrons. The number of methoxy groups -OCH3 is 1. The van der Waals surface area contributed by atoms with E-state index in [1.807, 2.05) is 12.1 Å². The third kappa shape index (κ3) is 5.58. The largest absolute Gasteiger partial charge is 0.493 e. The normalized spacial score (nSPS) is 15.4. The van der Waals surface area contributed by atoms with Crippen molar-refractivity contribution in [3.63, 3.8) is 0 Å². The molecule has 1 aliphatic carbocycles. The van der Waals surface area contributed by atoms with Crippen LogP contribution in [0.5, 0.6) is 11.5 Å². The summed E-state index contributed by atoms with van der Waals surface area (Å²) in [7, 11) is 1.58. The molecule has 0 saturated heterocycles. The first kappa shape index (κ1) is 22.2. The highest BCUT2D eigenvalue weighted by Gasteiger charge is 2.29. The number of benzene rings is 2. The van der Waals surface area contributed by atoms with E-state index in [1.54, 1.807) is 32.2 Å².